The van der Waals surface area contributed by atoms with Crippen LogP contribution in [-0.4, -0.2) is 21.5 Å². The van der Waals surface area contributed by atoms with Crippen LogP contribution in [0.4, 0.5) is 0 Å². The summed E-state index contributed by atoms with van der Waals surface area (Å²) < 4.78 is 5.98. The van der Waals surface area contributed by atoms with Gasteiger partial charge in [-0.25, -0.2) is 0 Å². The summed E-state index contributed by atoms with van der Waals surface area (Å²) >= 11 is 26.0. The SMILES string of the molecule is Cc1cc(Oc2cc(C)c(C(=O)C=Cc3ccccn3)c(Cl)c2Cl)c(Cl)c(Cl)c1C(=O)C=Cc1ccccn1. The number of aromatic nitrogens is 2. The van der Waals surface area contributed by atoms with Crippen LogP contribution in [0.1, 0.15) is 43.2 Å². The van der Waals surface area contributed by atoms with Crippen molar-refractivity contribution in [1.82, 2.24) is 9.97 Å². The predicted molar refractivity (Wildman–Crippen MR) is 158 cm³/mol. The van der Waals surface area contributed by atoms with Crippen LogP contribution in [0, 0.1) is 13.8 Å². The molecule has 4 aromatic rings. The zero-order valence-electron chi connectivity index (χ0n) is 20.7. The summed E-state index contributed by atoms with van der Waals surface area (Å²) in [5.74, 6) is -0.322. The van der Waals surface area contributed by atoms with E-state index in [-0.39, 0.29) is 54.3 Å². The molecule has 9 heteroatoms. The maximum Gasteiger partial charge on any atom is 0.187 e. The third kappa shape index (κ3) is 6.57. The molecule has 2 aromatic carbocycles. The largest absolute Gasteiger partial charge is 0.454 e. The van der Waals surface area contributed by atoms with Crippen molar-refractivity contribution in [3.63, 3.8) is 0 Å². The second kappa shape index (κ2) is 12.6. The summed E-state index contributed by atoms with van der Waals surface area (Å²) in [5, 5.41) is 0.126. The van der Waals surface area contributed by atoms with E-state index in [9.17, 15) is 9.59 Å². The monoisotopic (exact) mass is 596 g/mol. The lowest BCUT2D eigenvalue weighted by molar-refractivity contribution is 0.103. The summed E-state index contributed by atoms with van der Waals surface area (Å²) in [6.07, 6.45) is 9.21. The zero-order chi connectivity index (χ0) is 28.1. The van der Waals surface area contributed by atoms with Crippen LogP contribution < -0.4 is 4.74 Å². The molecule has 0 aliphatic rings. The van der Waals surface area contributed by atoms with Crippen molar-refractivity contribution in [2.45, 2.75) is 13.8 Å². The van der Waals surface area contributed by atoms with Crippen LogP contribution in [0.25, 0.3) is 12.2 Å². The molecule has 0 saturated carbocycles. The van der Waals surface area contributed by atoms with E-state index < -0.39 is 0 Å². The number of hydrogen-bond donors (Lipinski definition) is 0. The Morgan fingerprint density at radius 1 is 0.667 bits per heavy atom. The summed E-state index contributed by atoms with van der Waals surface area (Å²) in [4.78, 5) is 34.1. The molecule has 39 heavy (non-hydrogen) atoms. The average Bonchev–Trinajstić information content (AvgIpc) is 2.93. The van der Waals surface area contributed by atoms with E-state index in [1.54, 1.807) is 74.8 Å². The number of rotatable bonds is 8. The third-order valence-corrected chi connectivity index (χ3v) is 7.34. The summed E-state index contributed by atoms with van der Waals surface area (Å²) in [6, 6.07) is 13.9. The Morgan fingerprint density at radius 3 is 1.44 bits per heavy atom. The van der Waals surface area contributed by atoms with Gasteiger partial charge in [-0.15, -0.1) is 0 Å². The summed E-state index contributed by atoms with van der Waals surface area (Å²) in [7, 11) is 0. The van der Waals surface area contributed by atoms with Crippen LogP contribution in [0.2, 0.25) is 20.1 Å². The fraction of sp³-hybridized carbons (Fsp3) is 0.0667. The molecule has 0 amide bonds. The first-order chi connectivity index (χ1) is 18.7. The molecule has 0 N–H and O–H groups in total. The maximum atomic E-state index is 12.9. The van der Waals surface area contributed by atoms with Gasteiger partial charge < -0.3 is 4.74 Å². The Labute approximate surface area is 245 Å². The number of carbonyl (C=O) groups is 2. The second-order valence-electron chi connectivity index (χ2n) is 8.40. The van der Waals surface area contributed by atoms with E-state index >= 15 is 0 Å². The van der Waals surface area contributed by atoms with Gasteiger partial charge in [-0.05, 0) is 85.7 Å². The number of nitrogens with zero attached hydrogens (tertiary/aromatic N) is 2. The average molecular weight is 598 g/mol. The van der Waals surface area contributed by atoms with Gasteiger partial charge in [-0.1, -0.05) is 58.5 Å². The Kier molecular flexibility index (Phi) is 9.20. The van der Waals surface area contributed by atoms with Crippen LogP contribution in [0.3, 0.4) is 0 Å². The normalized spacial score (nSPS) is 11.3. The first-order valence-electron chi connectivity index (χ1n) is 11.6. The van der Waals surface area contributed by atoms with Crippen molar-refractivity contribution in [3.8, 4) is 11.5 Å². The molecule has 0 spiro atoms. The summed E-state index contributed by atoms with van der Waals surface area (Å²) in [5.41, 5.74) is 2.81. The lowest BCUT2D eigenvalue weighted by Gasteiger charge is -2.16. The number of ether oxygens (including phenoxy) is 1. The van der Waals surface area contributed by atoms with E-state index in [0.29, 0.717) is 22.5 Å². The van der Waals surface area contributed by atoms with E-state index in [2.05, 4.69) is 9.97 Å². The van der Waals surface area contributed by atoms with Crippen molar-refractivity contribution in [2.24, 2.45) is 0 Å². The molecule has 4 rings (SSSR count). The van der Waals surface area contributed by atoms with Crippen molar-refractivity contribution in [2.75, 3.05) is 0 Å². The van der Waals surface area contributed by atoms with Crippen LogP contribution >= 0.6 is 46.4 Å². The smallest absolute Gasteiger partial charge is 0.187 e. The minimum atomic E-state index is -0.338. The molecule has 196 valence electrons. The second-order valence-corrected chi connectivity index (χ2v) is 9.91. The molecule has 0 atom stereocenters. The number of carbonyl (C=O) groups excluding carboxylic acids is 2. The fourth-order valence-corrected chi connectivity index (χ4v) is 4.80. The lowest BCUT2D eigenvalue weighted by Crippen LogP contribution is -2.03. The molecule has 0 aliphatic heterocycles. The summed E-state index contributed by atoms with van der Waals surface area (Å²) in [6.45, 7) is 3.43. The Balaban J connectivity index is 1.61. The highest BCUT2D eigenvalue weighted by molar-refractivity contribution is 6.46. The number of hydrogen-bond acceptors (Lipinski definition) is 5. The van der Waals surface area contributed by atoms with Gasteiger partial charge in [0.25, 0.3) is 0 Å². The minimum Gasteiger partial charge on any atom is -0.454 e. The lowest BCUT2D eigenvalue weighted by atomic mass is 10.0. The standard InChI is InChI=1S/C30H20Cl4N2O3/c1-17-15-23(27(31)29(33)25(17)21(37)11-9-19-7-3-5-13-35-19)39-24-16-18(2)26(30(34)28(24)32)22(38)12-10-20-8-4-6-14-36-20/h3-16H,1-2H3. The van der Waals surface area contributed by atoms with Crippen molar-refractivity contribution in [3.05, 3.63) is 127 Å². The zero-order valence-corrected chi connectivity index (χ0v) is 23.7. The Morgan fingerprint density at radius 2 is 1.08 bits per heavy atom. The van der Waals surface area contributed by atoms with E-state index in [0.717, 1.165) is 0 Å². The third-order valence-electron chi connectivity index (χ3n) is 5.64. The van der Waals surface area contributed by atoms with E-state index in [4.69, 9.17) is 51.1 Å². The quantitative estimate of drug-likeness (QED) is 0.149. The van der Waals surface area contributed by atoms with E-state index in [1.165, 1.54) is 12.2 Å². The molecule has 0 fully saturated rings. The molecule has 0 unspecified atom stereocenters. The van der Waals surface area contributed by atoms with Gasteiger partial charge in [0.1, 0.15) is 21.5 Å². The predicted octanol–water partition coefficient (Wildman–Crippen LogP) is 9.29. The van der Waals surface area contributed by atoms with Gasteiger partial charge >= 0.3 is 0 Å². The van der Waals surface area contributed by atoms with Gasteiger partial charge in [0.05, 0.1) is 21.4 Å². The van der Waals surface area contributed by atoms with Gasteiger partial charge in [0.2, 0.25) is 0 Å². The number of aryl methyl sites for hydroxylation is 2. The van der Waals surface area contributed by atoms with Crippen LogP contribution in [0.15, 0.2) is 73.1 Å². The molecule has 0 radical (unpaired) electrons. The maximum absolute atomic E-state index is 12.9. The minimum absolute atomic E-state index is 0.0279. The van der Waals surface area contributed by atoms with Gasteiger partial charge in [0.15, 0.2) is 11.6 Å². The van der Waals surface area contributed by atoms with Gasteiger partial charge in [0, 0.05) is 23.5 Å². The van der Waals surface area contributed by atoms with Gasteiger partial charge in [-0.2, -0.15) is 0 Å². The van der Waals surface area contributed by atoms with Crippen molar-refractivity contribution >= 4 is 70.1 Å². The molecular weight excluding hydrogens is 578 g/mol. The highest BCUT2D eigenvalue weighted by Gasteiger charge is 2.22. The molecule has 0 saturated heterocycles. The first kappa shape index (κ1) is 28.5. The molecule has 5 nitrogen and oxygen atoms in total. The fourth-order valence-electron chi connectivity index (χ4n) is 3.76. The number of ketones is 2. The molecular formula is C30H20Cl4N2O3. The number of pyridine rings is 2. The van der Waals surface area contributed by atoms with E-state index in [1.807, 2.05) is 12.1 Å². The topological polar surface area (TPSA) is 69.2 Å². The van der Waals surface area contributed by atoms with Crippen LogP contribution in [0.5, 0.6) is 11.5 Å². The highest BCUT2D eigenvalue weighted by Crippen LogP contribution is 2.44. The number of allylic oxidation sites excluding steroid dienone is 2. The van der Waals surface area contributed by atoms with Gasteiger partial charge in [-0.3, -0.25) is 19.6 Å². The van der Waals surface area contributed by atoms with Crippen molar-refractivity contribution in [1.29, 1.82) is 0 Å². The molecule has 2 heterocycles. The molecule has 0 bridgehead atoms. The Hall–Kier alpha value is -3.48. The molecule has 2 aromatic heterocycles. The van der Waals surface area contributed by atoms with Crippen LogP contribution in [-0.2, 0) is 0 Å². The number of benzene rings is 2. The first-order valence-corrected chi connectivity index (χ1v) is 13.1. The molecule has 0 aliphatic carbocycles. The number of halogens is 4. The Bertz CT molecular complexity index is 1500. The van der Waals surface area contributed by atoms with Crippen molar-refractivity contribution < 1.29 is 14.3 Å². The highest BCUT2D eigenvalue weighted by atomic mass is 35.5.